The Morgan fingerprint density at radius 3 is 1.03 bits per heavy atom. The lowest BCUT2D eigenvalue weighted by atomic mass is 10.3. The lowest BCUT2D eigenvalue weighted by Crippen LogP contribution is -1.61. The van der Waals surface area contributed by atoms with Gasteiger partial charge in [0.25, 0.3) is 0 Å². The van der Waals surface area contributed by atoms with Gasteiger partial charge >= 0.3 is 0 Å². The Labute approximate surface area is 198 Å². The average molecular weight is 493 g/mol. The molecule has 6 heterocycles. The molecule has 0 saturated carbocycles. The maximum Gasteiger partial charge on any atom is 0.0789 e. The van der Waals surface area contributed by atoms with Gasteiger partial charge in [0.1, 0.15) is 0 Å². The normalized spacial score (nSPS) is 11.1. The van der Waals surface area contributed by atoms with Crippen LogP contribution in [0.1, 0.15) is 23.6 Å². The van der Waals surface area contributed by atoms with Crippen molar-refractivity contribution >= 4 is 96.2 Å². The second kappa shape index (κ2) is 7.35. The quantitative estimate of drug-likeness (QED) is 0.211. The summed E-state index contributed by atoms with van der Waals surface area (Å²) < 4.78 is 8.14. The molecule has 6 aromatic rings. The van der Waals surface area contributed by atoms with Gasteiger partial charge in [0, 0.05) is 47.7 Å². The zero-order valence-corrected chi connectivity index (χ0v) is 20.8. The predicted molar refractivity (Wildman–Crippen MR) is 142 cm³/mol. The van der Waals surface area contributed by atoms with Crippen LogP contribution in [0.5, 0.6) is 0 Å². The van der Waals surface area contributed by atoms with Crippen molar-refractivity contribution < 1.29 is 0 Å². The Hall–Kier alpha value is -1.90. The van der Waals surface area contributed by atoms with Crippen LogP contribution in [0.15, 0.2) is 36.4 Å². The van der Waals surface area contributed by atoms with E-state index >= 15 is 0 Å². The molecule has 0 radical (unpaired) electrons. The Morgan fingerprint density at radius 2 is 0.733 bits per heavy atom. The Kier molecular flexibility index (Phi) is 4.62. The SMILES string of the molecule is CC#Cc1cc2sc(-c3cc4sc(-c5cc6sc(C#CC)cc6s5)cc4s3)cc2s1. The third-order valence-electron chi connectivity index (χ3n) is 4.60. The number of fused-ring (bicyclic) bond motifs is 3. The van der Waals surface area contributed by atoms with Gasteiger partial charge < -0.3 is 0 Å². The van der Waals surface area contributed by atoms with Gasteiger partial charge in [0.05, 0.1) is 9.75 Å². The fourth-order valence-electron chi connectivity index (χ4n) is 3.36. The van der Waals surface area contributed by atoms with Gasteiger partial charge in [0.15, 0.2) is 0 Å². The van der Waals surface area contributed by atoms with Gasteiger partial charge in [-0.3, -0.25) is 0 Å². The molecule has 6 aromatic heterocycles. The van der Waals surface area contributed by atoms with E-state index in [1.165, 1.54) is 47.7 Å². The van der Waals surface area contributed by atoms with Crippen LogP contribution in [-0.4, -0.2) is 0 Å². The number of thiophene rings is 6. The van der Waals surface area contributed by atoms with Crippen LogP contribution >= 0.6 is 68.0 Å². The van der Waals surface area contributed by atoms with E-state index in [4.69, 9.17) is 0 Å². The van der Waals surface area contributed by atoms with Crippen molar-refractivity contribution in [1.29, 1.82) is 0 Å². The highest BCUT2D eigenvalue weighted by atomic mass is 32.1. The minimum Gasteiger partial charge on any atom is -0.133 e. The molecule has 6 heteroatoms. The highest BCUT2D eigenvalue weighted by Gasteiger charge is 2.15. The molecule has 30 heavy (non-hydrogen) atoms. The molecule has 0 amide bonds. The molecule has 0 aliphatic carbocycles. The van der Waals surface area contributed by atoms with Crippen molar-refractivity contribution in [3.05, 3.63) is 46.2 Å². The topological polar surface area (TPSA) is 0 Å². The molecule has 0 aromatic carbocycles. The van der Waals surface area contributed by atoms with E-state index in [1.54, 1.807) is 22.7 Å². The van der Waals surface area contributed by atoms with E-state index in [9.17, 15) is 0 Å². The summed E-state index contributed by atoms with van der Waals surface area (Å²) >= 11 is 11.1. The Bertz CT molecular complexity index is 1460. The van der Waals surface area contributed by atoms with E-state index in [0.717, 1.165) is 9.75 Å². The lowest BCUT2D eigenvalue weighted by Gasteiger charge is -1.90. The summed E-state index contributed by atoms with van der Waals surface area (Å²) in [6.07, 6.45) is 0. The lowest BCUT2D eigenvalue weighted by molar-refractivity contribution is 1.89. The number of rotatable bonds is 2. The smallest absolute Gasteiger partial charge is 0.0789 e. The van der Waals surface area contributed by atoms with Crippen molar-refractivity contribution in [2.75, 3.05) is 0 Å². The third kappa shape index (κ3) is 3.16. The largest absolute Gasteiger partial charge is 0.133 e. The van der Waals surface area contributed by atoms with E-state index in [2.05, 4.69) is 60.1 Å². The molecule has 0 nitrogen and oxygen atoms in total. The molecule has 6 rings (SSSR count). The van der Waals surface area contributed by atoms with Crippen LogP contribution in [0.4, 0.5) is 0 Å². The highest BCUT2D eigenvalue weighted by Crippen LogP contribution is 2.47. The number of hydrogen-bond acceptors (Lipinski definition) is 6. The maximum atomic E-state index is 3.17. The standard InChI is InChI=1S/C24H12S6/c1-3-5-13-7-15-17(25-13)9-19(27-15)21-11-23-24(29-21)12-22(30-23)20-10-18-16(28-20)8-14(26-18)6-4-2/h7-12H,1-2H3. The summed E-state index contributed by atoms with van der Waals surface area (Å²) in [6.45, 7) is 3.79. The van der Waals surface area contributed by atoms with Crippen LogP contribution in [0.2, 0.25) is 0 Å². The van der Waals surface area contributed by atoms with Gasteiger partial charge in [-0.1, -0.05) is 11.8 Å². The Balaban J connectivity index is 1.34. The van der Waals surface area contributed by atoms with Crippen molar-refractivity contribution in [3.8, 4) is 43.2 Å². The third-order valence-corrected chi connectivity index (χ3v) is 11.7. The van der Waals surface area contributed by atoms with E-state index in [0.29, 0.717) is 0 Å². The van der Waals surface area contributed by atoms with Gasteiger partial charge in [-0.25, -0.2) is 0 Å². The minimum atomic E-state index is 1.16. The zero-order valence-electron chi connectivity index (χ0n) is 15.9. The van der Waals surface area contributed by atoms with Crippen molar-refractivity contribution in [3.63, 3.8) is 0 Å². The molecule has 0 bridgehead atoms. The van der Waals surface area contributed by atoms with Gasteiger partial charge in [0.2, 0.25) is 0 Å². The fourth-order valence-corrected chi connectivity index (χ4v) is 10.5. The predicted octanol–water partition coefficient (Wildman–Crippen LogP) is 9.59. The zero-order chi connectivity index (χ0) is 20.2. The molecule has 0 aliphatic rings. The van der Waals surface area contributed by atoms with E-state index in [-0.39, 0.29) is 0 Å². The van der Waals surface area contributed by atoms with Gasteiger partial charge in [-0.05, 0) is 50.2 Å². The summed E-state index contributed by atoms with van der Waals surface area (Å²) in [7, 11) is 0. The van der Waals surface area contributed by atoms with E-state index < -0.39 is 0 Å². The summed E-state index contributed by atoms with van der Waals surface area (Å²) in [4.78, 5) is 7.79. The molecular weight excluding hydrogens is 481 g/mol. The molecule has 0 fully saturated rings. The van der Waals surface area contributed by atoms with Crippen molar-refractivity contribution in [1.82, 2.24) is 0 Å². The first-order valence-electron chi connectivity index (χ1n) is 9.16. The van der Waals surface area contributed by atoms with Gasteiger partial charge in [-0.15, -0.1) is 79.9 Å². The second-order valence-corrected chi connectivity index (χ2v) is 13.1. The summed E-state index contributed by atoms with van der Waals surface area (Å²) in [5, 5.41) is 0. The molecule has 0 atom stereocenters. The van der Waals surface area contributed by atoms with Crippen LogP contribution < -0.4 is 0 Å². The van der Waals surface area contributed by atoms with E-state index in [1.807, 2.05) is 59.2 Å². The minimum absolute atomic E-state index is 1.16. The Morgan fingerprint density at radius 1 is 0.433 bits per heavy atom. The first kappa shape index (κ1) is 18.8. The molecule has 0 saturated heterocycles. The molecule has 0 aliphatic heterocycles. The van der Waals surface area contributed by atoms with Crippen molar-refractivity contribution in [2.45, 2.75) is 13.8 Å². The maximum absolute atomic E-state index is 3.17. The van der Waals surface area contributed by atoms with Crippen LogP contribution in [0.3, 0.4) is 0 Å². The van der Waals surface area contributed by atoms with Crippen LogP contribution in [-0.2, 0) is 0 Å². The molecule has 0 N–H and O–H groups in total. The first-order chi connectivity index (χ1) is 14.7. The first-order valence-corrected chi connectivity index (χ1v) is 14.1. The molecule has 0 unspecified atom stereocenters. The van der Waals surface area contributed by atoms with Crippen molar-refractivity contribution in [2.24, 2.45) is 0 Å². The van der Waals surface area contributed by atoms with Crippen LogP contribution in [0, 0.1) is 23.7 Å². The summed E-state index contributed by atoms with van der Waals surface area (Å²) in [5.41, 5.74) is 0. The monoisotopic (exact) mass is 492 g/mol. The van der Waals surface area contributed by atoms with Crippen LogP contribution in [0.25, 0.3) is 47.7 Å². The second-order valence-electron chi connectivity index (χ2n) is 6.60. The summed E-state index contributed by atoms with van der Waals surface area (Å²) in [5.74, 6) is 12.3. The average Bonchev–Trinajstić information content (AvgIpc) is 3.47. The summed E-state index contributed by atoms with van der Waals surface area (Å²) in [6, 6.07) is 13.8. The fraction of sp³-hybridized carbons (Fsp3) is 0.0833. The molecule has 144 valence electrons. The van der Waals surface area contributed by atoms with Gasteiger partial charge in [-0.2, -0.15) is 0 Å². The molecule has 0 spiro atoms. The number of hydrogen-bond donors (Lipinski definition) is 0. The molecular formula is C24H12S6. The highest BCUT2D eigenvalue weighted by molar-refractivity contribution is 7.36.